The Balaban J connectivity index is 1.93. The molecular weight excluding hydrogens is 455 g/mol. The van der Waals surface area contributed by atoms with Gasteiger partial charge in [-0.05, 0) is 79.1 Å². The number of ether oxygens (including phenoxy) is 1. The molecule has 1 heterocycles. The van der Waals surface area contributed by atoms with Crippen molar-refractivity contribution < 1.29 is 14.3 Å². The molecule has 1 N–H and O–H groups in total. The van der Waals surface area contributed by atoms with Crippen LogP contribution in [0.15, 0.2) is 42.5 Å². The highest BCUT2D eigenvalue weighted by Gasteiger charge is 2.19. The molecule has 3 rings (SSSR count). The zero-order valence-corrected chi connectivity index (χ0v) is 17.5. The molecule has 0 aliphatic carbocycles. The molecule has 5 nitrogen and oxygen atoms in total. The molecule has 0 unspecified atom stereocenters. The Morgan fingerprint density at radius 2 is 1.85 bits per heavy atom. The lowest BCUT2D eigenvalue weighted by Crippen LogP contribution is -2.30. The molecule has 142 valence electrons. The van der Waals surface area contributed by atoms with Gasteiger partial charge in [-0.3, -0.25) is 4.79 Å². The Kier molecular flexibility index (Phi) is 6.71. The van der Waals surface area contributed by atoms with Crippen molar-refractivity contribution in [2.24, 2.45) is 0 Å². The Morgan fingerprint density at radius 1 is 1.11 bits per heavy atom. The number of carbonyl (C=O) groups excluding carboxylic acids is 2. The number of hydrogen-bond donors (Lipinski definition) is 1. The molecule has 0 bridgehead atoms. The summed E-state index contributed by atoms with van der Waals surface area (Å²) in [7, 11) is 0. The van der Waals surface area contributed by atoms with E-state index in [-0.39, 0.29) is 11.9 Å². The van der Waals surface area contributed by atoms with Gasteiger partial charge in [-0.15, -0.1) is 0 Å². The average Bonchev–Trinajstić information content (AvgIpc) is 2.69. The van der Waals surface area contributed by atoms with Gasteiger partial charge in [0.1, 0.15) is 0 Å². The van der Waals surface area contributed by atoms with Crippen LogP contribution in [-0.2, 0) is 4.74 Å². The van der Waals surface area contributed by atoms with Crippen LogP contribution in [0, 0.1) is 3.57 Å². The highest BCUT2D eigenvalue weighted by atomic mass is 127. The molecule has 0 saturated carbocycles. The lowest BCUT2D eigenvalue weighted by Gasteiger charge is -2.30. The number of hydrogen-bond acceptors (Lipinski definition) is 4. The molecule has 2 aromatic carbocycles. The van der Waals surface area contributed by atoms with Crippen molar-refractivity contribution >= 4 is 45.8 Å². The second-order valence-corrected chi connectivity index (χ2v) is 7.60. The Labute approximate surface area is 173 Å². The van der Waals surface area contributed by atoms with Gasteiger partial charge in [-0.1, -0.05) is 12.1 Å². The van der Waals surface area contributed by atoms with Gasteiger partial charge in [-0.25, -0.2) is 4.79 Å². The minimum atomic E-state index is -0.382. The monoisotopic (exact) mass is 478 g/mol. The summed E-state index contributed by atoms with van der Waals surface area (Å²) >= 11 is 2.15. The number of esters is 1. The first-order valence-corrected chi connectivity index (χ1v) is 10.3. The standard InChI is InChI=1S/C21H23IN2O3/c1-2-27-21(26)15-10-11-19(24-12-6-3-7-13-24)18(14-15)23-20(25)16-8-4-5-9-17(16)22/h4-5,8-11,14H,2-3,6-7,12-13H2,1H3,(H,23,25). The smallest absolute Gasteiger partial charge is 0.338 e. The second kappa shape index (κ2) is 9.21. The molecule has 2 aromatic rings. The summed E-state index contributed by atoms with van der Waals surface area (Å²) in [6, 6.07) is 12.8. The van der Waals surface area contributed by atoms with E-state index in [0.717, 1.165) is 35.2 Å². The van der Waals surface area contributed by atoms with Crippen LogP contribution < -0.4 is 10.2 Å². The minimum absolute atomic E-state index is 0.181. The number of amides is 1. The number of carbonyl (C=O) groups is 2. The van der Waals surface area contributed by atoms with Crippen LogP contribution >= 0.6 is 22.6 Å². The summed E-state index contributed by atoms with van der Waals surface area (Å²) < 4.78 is 5.99. The average molecular weight is 478 g/mol. The lowest BCUT2D eigenvalue weighted by atomic mass is 10.1. The molecular formula is C21H23IN2O3. The van der Waals surface area contributed by atoms with Crippen molar-refractivity contribution in [3.8, 4) is 0 Å². The molecule has 0 atom stereocenters. The highest BCUT2D eigenvalue weighted by molar-refractivity contribution is 14.1. The van der Waals surface area contributed by atoms with Crippen molar-refractivity contribution in [1.29, 1.82) is 0 Å². The number of nitrogens with zero attached hydrogens (tertiary/aromatic N) is 1. The normalized spacial score (nSPS) is 13.9. The van der Waals surface area contributed by atoms with Gasteiger partial charge in [-0.2, -0.15) is 0 Å². The molecule has 27 heavy (non-hydrogen) atoms. The first kappa shape index (κ1) is 19.7. The van der Waals surface area contributed by atoms with E-state index in [2.05, 4.69) is 32.8 Å². The first-order valence-electron chi connectivity index (χ1n) is 9.22. The van der Waals surface area contributed by atoms with Gasteiger partial charge >= 0.3 is 5.97 Å². The number of piperidine rings is 1. The third-order valence-corrected chi connectivity index (χ3v) is 5.51. The van der Waals surface area contributed by atoms with Gasteiger partial charge in [0.2, 0.25) is 0 Å². The molecule has 1 saturated heterocycles. The van der Waals surface area contributed by atoms with Gasteiger partial charge in [0.25, 0.3) is 5.91 Å². The van der Waals surface area contributed by atoms with Crippen LogP contribution in [0.2, 0.25) is 0 Å². The van der Waals surface area contributed by atoms with Crippen molar-refractivity contribution in [2.45, 2.75) is 26.2 Å². The van der Waals surface area contributed by atoms with Gasteiger partial charge < -0.3 is 15.0 Å². The Bertz CT molecular complexity index is 832. The van der Waals surface area contributed by atoms with E-state index in [1.807, 2.05) is 24.3 Å². The zero-order valence-electron chi connectivity index (χ0n) is 15.3. The number of anilines is 2. The maximum absolute atomic E-state index is 12.8. The number of nitrogens with one attached hydrogen (secondary N) is 1. The molecule has 1 aliphatic rings. The Morgan fingerprint density at radius 3 is 2.56 bits per heavy atom. The second-order valence-electron chi connectivity index (χ2n) is 6.43. The lowest BCUT2D eigenvalue weighted by molar-refractivity contribution is 0.0526. The topological polar surface area (TPSA) is 58.6 Å². The van der Waals surface area contributed by atoms with Crippen molar-refractivity contribution in [3.05, 3.63) is 57.2 Å². The molecule has 0 radical (unpaired) electrons. The van der Waals surface area contributed by atoms with E-state index >= 15 is 0 Å². The predicted octanol–water partition coefficient (Wildman–Crippen LogP) is 4.71. The van der Waals surface area contributed by atoms with Crippen molar-refractivity contribution in [2.75, 3.05) is 29.9 Å². The number of rotatable bonds is 5. The summed E-state index contributed by atoms with van der Waals surface area (Å²) in [6.45, 7) is 3.99. The molecule has 1 amide bonds. The third-order valence-electron chi connectivity index (χ3n) is 4.57. The van der Waals surface area contributed by atoms with E-state index in [0.29, 0.717) is 23.4 Å². The molecule has 0 aromatic heterocycles. The van der Waals surface area contributed by atoms with E-state index < -0.39 is 0 Å². The fourth-order valence-electron chi connectivity index (χ4n) is 3.22. The van der Waals surface area contributed by atoms with E-state index in [1.54, 1.807) is 25.1 Å². The summed E-state index contributed by atoms with van der Waals surface area (Å²) in [6.07, 6.45) is 3.48. The van der Waals surface area contributed by atoms with Crippen LogP contribution in [-0.4, -0.2) is 31.6 Å². The largest absolute Gasteiger partial charge is 0.462 e. The summed E-state index contributed by atoms with van der Waals surface area (Å²) in [4.78, 5) is 27.2. The third kappa shape index (κ3) is 4.80. The van der Waals surface area contributed by atoms with Crippen LogP contribution in [0.25, 0.3) is 0 Å². The van der Waals surface area contributed by atoms with Crippen LogP contribution in [0.3, 0.4) is 0 Å². The summed E-state index contributed by atoms with van der Waals surface area (Å²) in [5.74, 6) is -0.563. The number of halogens is 1. The highest BCUT2D eigenvalue weighted by Crippen LogP contribution is 2.30. The fourth-order valence-corrected chi connectivity index (χ4v) is 3.86. The van der Waals surface area contributed by atoms with Gasteiger partial charge in [0.15, 0.2) is 0 Å². The van der Waals surface area contributed by atoms with E-state index in [1.165, 1.54) is 6.42 Å². The quantitative estimate of drug-likeness (QED) is 0.500. The Hall–Kier alpha value is -2.09. The van der Waals surface area contributed by atoms with E-state index in [4.69, 9.17) is 4.74 Å². The molecule has 0 spiro atoms. The van der Waals surface area contributed by atoms with Crippen LogP contribution in [0.1, 0.15) is 46.9 Å². The SMILES string of the molecule is CCOC(=O)c1ccc(N2CCCCC2)c(NC(=O)c2ccccc2I)c1. The molecule has 6 heteroatoms. The molecule has 1 aliphatic heterocycles. The van der Waals surface area contributed by atoms with Gasteiger partial charge in [0, 0.05) is 16.7 Å². The van der Waals surface area contributed by atoms with E-state index in [9.17, 15) is 9.59 Å². The minimum Gasteiger partial charge on any atom is -0.462 e. The van der Waals surface area contributed by atoms with Crippen molar-refractivity contribution in [1.82, 2.24) is 0 Å². The molecule has 1 fully saturated rings. The number of benzene rings is 2. The summed E-state index contributed by atoms with van der Waals surface area (Å²) in [5.41, 5.74) is 2.65. The van der Waals surface area contributed by atoms with Crippen LogP contribution in [0.5, 0.6) is 0 Å². The van der Waals surface area contributed by atoms with Crippen molar-refractivity contribution in [3.63, 3.8) is 0 Å². The summed E-state index contributed by atoms with van der Waals surface area (Å²) in [5, 5.41) is 3.01. The van der Waals surface area contributed by atoms with Crippen LogP contribution in [0.4, 0.5) is 11.4 Å². The fraction of sp³-hybridized carbons (Fsp3) is 0.333. The maximum Gasteiger partial charge on any atom is 0.338 e. The van der Waals surface area contributed by atoms with Gasteiger partial charge in [0.05, 0.1) is 29.1 Å². The first-order chi connectivity index (χ1) is 13.1. The predicted molar refractivity (Wildman–Crippen MR) is 116 cm³/mol. The zero-order chi connectivity index (χ0) is 19.2. The maximum atomic E-state index is 12.8.